The summed E-state index contributed by atoms with van der Waals surface area (Å²) in [4.78, 5) is 30.7. The molecule has 2 fully saturated rings. The number of piperidine rings is 1. The van der Waals surface area contributed by atoms with Crippen LogP contribution in [0.4, 0.5) is 13.2 Å². The van der Waals surface area contributed by atoms with Crippen molar-refractivity contribution >= 4 is 33.4 Å². The Bertz CT molecular complexity index is 1380. The zero-order valence-electron chi connectivity index (χ0n) is 24.1. The number of unbranched alkanes of at least 4 members (excludes halogenated alkanes) is 1. The van der Waals surface area contributed by atoms with E-state index in [2.05, 4.69) is 27.1 Å². The second-order valence-electron chi connectivity index (χ2n) is 11.2. The highest BCUT2D eigenvalue weighted by atomic mass is 35.5. The molecule has 236 valence electrons. The summed E-state index contributed by atoms with van der Waals surface area (Å²) in [5.74, 6) is -0.248. The van der Waals surface area contributed by atoms with Gasteiger partial charge in [-0.3, -0.25) is 9.59 Å². The molecule has 2 saturated heterocycles. The van der Waals surface area contributed by atoms with E-state index in [0.29, 0.717) is 50.8 Å². The summed E-state index contributed by atoms with van der Waals surface area (Å²) in [5, 5.41) is 2.43. The summed E-state index contributed by atoms with van der Waals surface area (Å²) < 4.78 is 66.2. The number of piperazine rings is 1. The van der Waals surface area contributed by atoms with E-state index in [1.807, 2.05) is 25.1 Å². The number of rotatable bonds is 12. The monoisotopic (exact) mass is 642 g/mol. The third-order valence-electron chi connectivity index (χ3n) is 8.26. The van der Waals surface area contributed by atoms with Gasteiger partial charge in [0.05, 0.1) is 10.6 Å². The zero-order valence-corrected chi connectivity index (χ0v) is 25.7. The van der Waals surface area contributed by atoms with Gasteiger partial charge in [0, 0.05) is 32.7 Å². The normalized spacial score (nSPS) is 19.6. The molecule has 0 saturated carbocycles. The Labute approximate surface area is 256 Å². The van der Waals surface area contributed by atoms with Crippen molar-refractivity contribution in [2.24, 2.45) is 0 Å². The molecule has 43 heavy (non-hydrogen) atoms. The summed E-state index contributed by atoms with van der Waals surface area (Å²) in [6.45, 7) is 4.80. The van der Waals surface area contributed by atoms with Crippen molar-refractivity contribution in [1.82, 2.24) is 19.8 Å². The van der Waals surface area contributed by atoms with Gasteiger partial charge in [0.25, 0.3) is 0 Å². The molecule has 0 unspecified atom stereocenters. The lowest BCUT2D eigenvalue weighted by Gasteiger charge is -2.51. The fraction of sp³-hybridized carbons (Fsp3) is 0.533. The van der Waals surface area contributed by atoms with Crippen LogP contribution in [0.3, 0.4) is 0 Å². The first-order valence-electron chi connectivity index (χ1n) is 14.6. The van der Waals surface area contributed by atoms with Crippen molar-refractivity contribution < 1.29 is 31.2 Å². The maximum Gasteiger partial charge on any atom is 0.416 e. The van der Waals surface area contributed by atoms with Gasteiger partial charge in [0.15, 0.2) is 0 Å². The molecule has 0 bridgehead atoms. The van der Waals surface area contributed by atoms with E-state index in [9.17, 15) is 31.2 Å². The molecule has 0 aliphatic carbocycles. The van der Waals surface area contributed by atoms with E-state index in [1.54, 1.807) is 4.90 Å². The van der Waals surface area contributed by atoms with Crippen LogP contribution < -0.4 is 10.0 Å². The third kappa shape index (κ3) is 7.89. The molecule has 4 rings (SSSR count). The first-order chi connectivity index (χ1) is 20.4. The van der Waals surface area contributed by atoms with Crippen LogP contribution in [0.15, 0.2) is 53.4 Å². The number of carbonyl (C=O) groups is 2. The van der Waals surface area contributed by atoms with Crippen LogP contribution in [0, 0.1) is 0 Å². The minimum Gasteiger partial charge on any atom is -0.342 e. The van der Waals surface area contributed by atoms with Crippen LogP contribution in [0.25, 0.3) is 0 Å². The molecule has 2 aliphatic heterocycles. The maximum absolute atomic E-state index is 13.6. The number of carbonyl (C=O) groups excluding carboxylic acids is 2. The lowest BCUT2D eigenvalue weighted by molar-refractivity contribution is -0.161. The molecule has 2 N–H and O–H groups in total. The van der Waals surface area contributed by atoms with Gasteiger partial charge in [-0.1, -0.05) is 48.9 Å². The Kier molecular flexibility index (Phi) is 10.8. The van der Waals surface area contributed by atoms with Crippen molar-refractivity contribution in [3.8, 4) is 0 Å². The van der Waals surface area contributed by atoms with Crippen LogP contribution in [0.1, 0.15) is 56.6 Å². The maximum atomic E-state index is 13.6. The minimum atomic E-state index is -4.64. The van der Waals surface area contributed by atoms with E-state index in [1.165, 1.54) is 5.56 Å². The quantitative estimate of drug-likeness (QED) is 0.329. The average molecular weight is 643 g/mol. The number of benzene rings is 2. The predicted octanol–water partition coefficient (Wildman–Crippen LogP) is 4.62. The molecule has 2 aromatic carbocycles. The van der Waals surface area contributed by atoms with Gasteiger partial charge < -0.3 is 15.1 Å². The van der Waals surface area contributed by atoms with Crippen molar-refractivity contribution in [2.45, 2.75) is 74.5 Å². The van der Waals surface area contributed by atoms with Crippen LogP contribution in [0.2, 0.25) is 5.02 Å². The smallest absolute Gasteiger partial charge is 0.342 e. The fourth-order valence-corrected chi connectivity index (χ4v) is 7.46. The molecule has 2 heterocycles. The number of halogens is 4. The number of nitrogens with zero attached hydrogens (tertiary/aromatic N) is 2. The van der Waals surface area contributed by atoms with Crippen molar-refractivity contribution in [3.05, 3.63) is 64.7 Å². The summed E-state index contributed by atoms with van der Waals surface area (Å²) in [6.07, 6.45) is -0.718. The Morgan fingerprint density at radius 3 is 2.37 bits per heavy atom. The van der Waals surface area contributed by atoms with E-state index in [0.717, 1.165) is 38.5 Å². The van der Waals surface area contributed by atoms with Crippen LogP contribution in [-0.4, -0.2) is 74.3 Å². The lowest BCUT2D eigenvalue weighted by atomic mass is 9.81. The Hall–Kier alpha value is -2.67. The molecular formula is C30H38ClF3N4O4S. The molecule has 1 atom stereocenters. The Morgan fingerprint density at radius 2 is 1.74 bits per heavy atom. The van der Waals surface area contributed by atoms with Crippen molar-refractivity contribution in [2.75, 3.05) is 32.7 Å². The molecule has 8 nitrogen and oxygen atoms in total. The molecule has 2 aliphatic rings. The van der Waals surface area contributed by atoms with Gasteiger partial charge >= 0.3 is 6.18 Å². The first kappa shape index (κ1) is 33.2. The zero-order chi connectivity index (χ0) is 31.3. The Balaban J connectivity index is 1.28. The molecule has 2 aromatic rings. The van der Waals surface area contributed by atoms with Gasteiger partial charge in [0.2, 0.25) is 21.8 Å². The number of nitrogens with one attached hydrogen (secondary N) is 2. The van der Waals surface area contributed by atoms with E-state index in [4.69, 9.17) is 11.6 Å². The van der Waals surface area contributed by atoms with Gasteiger partial charge in [-0.2, -0.15) is 13.2 Å². The van der Waals surface area contributed by atoms with Gasteiger partial charge in [-0.05, 0) is 68.7 Å². The van der Waals surface area contributed by atoms with E-state index >= 15 is 0 Å². The summed E-state index contributed by atoms with van der Waals surface area (Å²) in [7, 11) is -4.14. The molecule has 0 radical (unpaired) electrons. The van der Waals surface area contributed by atoms with Crippen LogP contribution in [-0.2, 0) is 32.2 Å². The summed E-state index contributed by atoms with van der Waals surface area (Å²) in [5.41, 5.74) is -0.633. The topological polar surface area (TPSA) is 98.8 Å². The second-order valence-corrected chi connectivity index (χ2v) is 13.3. The van der Waals surface area contributed by atoms with Gasteiger partial charge in [0.1, 0.15) is 16.5 Å². The highest BCUT2D eigenvalue weighted by Crippen LogP contribution is 2.35. The number of sulfonamides is 1. The Morgan fingerprint density at radius 1 is 1.05 bits per heavy atom. The first-order valence-corrected chi connectivity index (χ1v) is 16.5. The standard InChI is InChI=1S/C30H38ClF3N4O4S/c1-2-17-38-27(39)25(10-6-7-16-35-43(41,42)26-12-11-23(21-24(26)31)30(32,33)34)36-28(40)29(38)14-19-37(20-15-29)18-13-22-8-4-3-5-9-22/h3-5,8-9,11-12,21,25,35H,2,6-7,10,13-20H2,1H3,(H,36,40)/t25-/m0/s1. The van der Waals surface area contributed by atoms with Crippen LogP contribution >= 0.6 is 11.6 Å². The van der Waals surface area contributed by atoms with E-state index < -0.39 is 43.3 Å². The third-order valence-corrected chi connectivity index (χ3v) is 10.2. The molecule has 0 aromatic heterocycles. The molecule has 13 heteroatoms. The number of hydrogen-bond donors (Lipinski definition) is 2. The van der Waals surface area contributed by atoms with Gasteiger partial charge in [-0.25, -0.2) is 13.1 Å². The largest absolute Gasteiger partial charge is 0.416 e. The molecular weight excluding hydrogens is 605 g/mol. The second kappa shape index (κ2) is 14.0. The lowest BCUT2D eigenvalue weighted by Crippen LogP contribution is -2.72. The average Bonchev–Trinajstić information content (AvgIpc) is 2.97. The highest BCUT2D eigenvalue weighted by Gasteiger charge is 2.53. The minimum absolute atomic E-state index is 0.00400. The fourth-order valence-electron chi connectivity index (χ4n) is 5.85. The number of likely N-dealkylation sites (tertiary alicyclic amines) is 1. The molecule has 1 spiro atoms. The van der Waals surface area contributed by atoms with Crippen molar-refractivity contribution in [3.63, 3.8) is 0 Å². The number of hydrogen-bond acceptors (Lipinski definition) is 5. The van der Waals surface area contributed by atoms with Crippen molar-refractivity contribution in [1.29, 1.82) is 0 Å². The summed E-state index contributed by atoms with van der Waals surface area (Å²) >= 11 is 5.84. The molecule has 2 amide bonds. The predicted molar refractivity (Wildman–Crippen MR) is 158 cm³/mol. The number of amides is 2. The van der Waals surface area contributed by atoms with Gasteiger partial charge in [-0.15, -0.1) is 0 Å². The summed E-state index contributed by atoms with van der Waals surface area (Å²) in [6, 6.07) is 11.6. The van der Waals surface area contributed by atoms with Crippen LogP contribution in [0.5, 0.6) is 0 Å². The number of alkyl halides is 3. The highest BCUT2D eigenvalue weighted by molar-refractivity contribution is 7.89. The SMILES string of the molecule is CCCN1C(=O)[C@H](CCCCNS(=O)(=O)c2ccc(C(F)(F)F)cc2Cl)NC(=O)C12CCN(CCc1ccccc1)CC2. The van der Waals surface area contributed by atoms with E-state index in [-0.39, 0.29) is 18.4 Å².